The minimum absolute atomic E-state index is 0.00503. The normalized spacial score (nSPS) is 37.6. The maximum atomic E-state index is 13.5. The summed E-state index contributed by atoms with van der Waals surface area (Å²) in [5, 5.41) is 27.9. The van der Waals surface area contributed by atoms with Gasteiger partial charge in [0, 0.05) is 25.6 Å². The first kappa shape index (κ1) is 24.2. The number of nitrogens with one attached hydrogen (secondary N) is 2. The summed E-state index contributed by atoms with van der Waals surface area (Å²) in [6.07, 6.45) is 12.1. The third-order valence-electron chi connectivity index (χ3n) is 8.71. The zero-order chi connectivity index (χ0) is 23.9. The van der Waals surface area contributed by atoms with Crippen LogP contribution >= 0.6 is 11.8 Å². The molecule has 6 aliphatic rings. The number of rotatable bonds is 8. The van der Waals surface area contributed by atoms with Crippen LogP contribution in [0.15, 0.2) is 22.8 Å². The highest BCUT2D eigenvalue weighted by molar-refractivity contribution is 8.03. The van der Waals surface area contributed by atoms with Gasteiger partial charge in [0.25, 0.3) is 5.91 Å². The maximum absolute atomic E-state index is 13.5. The average Bonchev–Trinajstić information content (AvgIpc) is 2.79. The third-order valence-corrected chi connectivity index (χ3v) is 9.95. The van der Waals surface area contributed by atoms with E-state index in [0.717, 1.165) is 80.8 Å². The van der Waals surface area contributed by atoms with Crippen molar-refractivity contribution in [3.05, 3.63) is 22.8 Å². The van der Waals surface area contributed by atoms with Gasteiger partial charge in [0.05, 0.1) is 22.4 Å². The number of aliphatic carboxylic acids is 1. The molecule has 4 saturated carbocycles. The average molecular weight is 490 g/mol. The number of piperidine rings is 1. The number of carbonyl (C=O) groups excluding carboxylic acids is 1. The fourth-order valence-electron chi connectivity index (χ4n) is 7.37. The van der Waals surface area contributed by atoms with Crippen LogP contribution in [-0.4, -0.2) is 63.6 Å². The second-order valence-corrected chi connectivity index (χ2v) is 12.4. The van der Waals surface area contributed by atoms with Crippen LogP contribution in [-0.2, 0) is 9.59 Å². The Morgan fingerprint density at radius 2 is 1.91 bits per heavy atom. The largest absolute Gasteiger partial charge is 0.481 e. The van der Waals surface area contributed by atoms with E-state index in [4.69, 9.17) is 5.11 Å². The highest BCUT2D eigenvalue weighted by Gasteiger charge is 2.55. The van der Waals surface area contributed by atoms with Crippen molar-refractivity contribution < 1.29 is 19.8 Å². The SMILES string of the molecule is CCCSC1=C(C(=O)NC2C3CC4CC2CC(O)(C4)C3)C=CC(N2CCC(CC(=O)O)CC2)N1. The molecule has 2 heterocycles. The monoisotopic (exact) mass is 489 g/mol. The van der Waals surface area contributed by atoms with Gasteiger partial charge in [0.1, 0.15) is 0 Å². The van der Waals surface area contributed by atoms with E-state index in [1.165, 1.54) is 0 Å². The minimum Gasteiger partial charge on any atom is -0.481 e. The van der Waals surface area contributed by atoms with Crippen LogP contribution in [0.1, 0.15) is 64.7 Å². The summed E-state index contributed by atoms with van der Waals surface area (Å²) in [6, 6.07) is 0.175. The molecule has 3 atom stereocenters. The number of nitrogens with zero attached hydrogens (tertiary/aromatic N) is 1. The molecule has 3 unspecified atom stereocenters. The molecule has 1 amide bonds. The van der Waals surface area contributed by atoms with Crippen molar-refractivity contribution in [1.29, 1.82) is 0 Å². The van der Waals surface area contributed by atoms with E-state index >= 15 is 0 Å². The number of hydrogen-bond acceptors (Lipinski definition) is 6. The molecule has 6 rings (SSSR count). The summed E-state index contributed by atoms with van der Waals surface area (Å²) >= 11 is 1.71. The van der Waals surface area contributed by atoms with Gasteiger partial charge in [-0.15, -0.1) is 11.8 Å². The number of hydrogen-bond donors (Lipinski definition) is 4. The van der Waals surface area contributed by atoms with Gasteiger partial charge in [-0.05, 0) is 92.9 Å². The van der Waals surface area contributed by atoms with Gasteiger partial charge in [-0.2, -0.15) is 0 Å². The molecule has 0 radical (unpaired) electrons. The number of aliphatic hydroxyl groups is 1. The summed E-state index contributed by atoms with van der Waals surface area (Å²) in [6.45, 7) is 3.88. The van der Waals surface area contributed by atoms with E-state index < -0.39 is 11.6 Å². The zero-order valence-corrected chi connectivity index (χ0v) is 21.0. The minimum atomic E-state index is -0.709. The molecule has 1 saturated heterocycles. The molecule has 0 aromatic carbocycles. The van der Waals surface area contributed by atoms with Crippen molar-refractivity contribution in [2.75, 3.05) is 18.8 Å². The van der Waals surface area contributed by atoms with Gasteiger partial charge in [0.15, 0.2) is 0 Å². The summed E-state index contributed by atoms with van der Waals surface area (Å²) in [5.74, 6) is 1.92. The van der Waals surface area contributed by atoms with Gasteiger partial charge in [-0.25, -0.2) is 0 Å². The molecule has 0 aromatic rings. The number of likely N-dealkylation sites (tertiary alicyclic amines) is 1. The number of thioether (sulfide) groups is 1. The first-order valence-corrected chi connectivity index (χ1v) is 14.1. The second-order valence-electron chi connectivity index (χ2n) is 11.3. The van der Waals surface area contributed by atoms with E-state index in [2.05, 4.69) is 28.5 Å². The Kier molecular flexibility index (Phi) is 7.02. The Balaban J connectivity index is 1.23. The van der Waals surface area contributed by atoms with Crippen molar-refractivity contribution in [3.8, 4) is 0 Å². The molecule has 8 heteroatoms. The summed E-state index contributed by atoms with van der Waals surface area (Å²) in [7, 11) is 0. The maximum Gasteiger partial charge on any atom is 0.303 e. The molecule has 4 aliphatic carbocycles. The topological polar surface area (TPSA) is 102 Å². The van der Waals surface area contributed by atoms with E-state index in [9.17, 15) is 14.7 Å². The molecule has 188 valence electrons. The lowest BCUT2D eigenvalue weighted by Gasteiger charge is -2.58. The van der Waals surface area contributed by atoms with Gasteiger partial charge in [0.2, 0.25) is 0 Å². The molecular weight excluding hydrogens is 450 g/mol. The van der Waals surface area contributed by atoms with Crippen LogP contribution in [0.5, 0.6) is 0 Å². The number of carbonyl (C=O) groups is 2. The Morgan fingerprint density at radius 3 is 2.53 bits per heavy atom. The molecule has 0 aromatic heterocycles. The summed E-state index contributed by atoms with van der Waals surface area (Å²) in [4.78, 5) is 26.9. The number of carboxylic acids is 1. The van der Waals surface area contributed by atoms with E-state index in [-0.39, 0.29) is 30.5 Å². The van der Waals surface area contributed by atoms with Crippen LogP contribution < -0.4 is 10.6 Å². The fourth-order valence-corrected chi connectivity index (χ4v) is 8.30. The lowest BCUT2D eigenvalue weighted by molar-refractivity contribution is -0.145. The highest BCUT2D eigenvalue weighted by Crippen LogP contribution is 2.55. The molecule has 4 bridgehead atoms. The number of amides is 1. The van der Waals surface area contributed by atoms with Gasteiger partial charge in [-0.3, -0.25) is 14.5 Å². The van der Waals surface area contributed by atoms with Gasteiger partial charge < -0.3 is 20.8 Å². The Labute approximate surface area is 206 Å². The Bertz CT molecular complexity index is 850. The molecular formula is C26H39N3O4S. The molecule has 2 aliphatic heterocycles. The van der Waals surface area contributed by atoms with E-state index in [0.29, 0.717) is 17.8 Å². The molecule has 34 heavy (non-hydrogen) atoms. The Morgan fingerprint density at radius 1 is 1.21 bits per heavy atom. The van der Waals surface area contributed by atoms with Crippen LogP contribution in [0.2, 0.25) is 0 Å². The first-order chi connectivity index (χ1) is 16.3. The highest BCUT2D eigenvalue weighted by atomic mass is 32.2. The van der Waals surface area contributed by atoms with Gasteiger partial charge in [-0.1, -0.05) is 6.92 Å². The summed E-state index contributed by atoms with van der Waals surface area (Å²) in [5.41, 5.74) is 0.235. The van der Waals surface area contributed by atoms with Crippen molar-refractivity contribution in [3.63, 3.8) is 0 Å². The molecule has 4 N–H and O–H groups in total. The first-order valence-electron chi connectivity index (χ1n) is 13.1. The van der Waals surface area contributed by atoms with Crippen molar-refractivity contribution in [1.82, 2.24) is 15.5 Å². The molecule has 0 spiro atoms. The van der Waals surface area contributed by atoms with Crippen LogP contribution in [0, 0.1) is 23.7 Å². The quantitative estimate of drug-likeness (QED) is 0.416. The third kappa shape index (κ3) is 5.05. The number of carboxylic acid groups (broad SMARTS) is 1. The van der Waals surface area contributed by atoms with Crippen LogP contribution in [0.25, 0.3) is 0 Å². The summed E-state index contributed by atoms with van der Waals surface area (Å²) < 4.78 is 0. The smallest absolute Gasteiger partial charge is 0.303 e. The van der Waals surface area contributed by atoms with Crippen LogP contribution in [0.3, 0.4) is 0 Å². The lowest BCUT2D eigenvalue weighted by atomic mass is 9.52. The van der Waals surface area contributed by atoms with Gasteiger partial charge >= 0.3 is 5.97 Å². The standard InChI is InChI=1S/C26H39N3O4S/c1-2-9-34-25-20(3-4-21(27-25)29-7-5-16(6-8-29)12-22(30)31)24(32)28-23-18-10-17-11-19(23)15-26(33,13-17)14-18/h3-4,16-19,21,23,27,33H,2,5-15H2,1H3,(H,28,32)(H,30,31). The lowest BCUT2D eigenvalue weighted by Crippen LogP contribution is -2.61. The molecule has 7 nitrogen and oxygen atoms in total. The Hall–Kier alpha value is -1.51. The van der Waals surface area contributed by atoms with Crippen molar-refractivity contribution >= 4 is 23.6 Å². The number of dihydropyridines is 1. The van der Waals surface area contributed by atoms with Crippen molar-refractivity contribution in [2.24, 2.45) is 23.7 Å². The van der Waals surface area contributed by atoms with Crippen LogP contribution in [0.4, 0.5) is 0 Å². The predicted octanol–water partition coefficient (Wildman–Crippen LogP) is 3.07. The fraction of sp³-hybridized carbons (Fsp3) is 0.769. The van der Waals surface area contributed by atoms with Crippen molar-refractivity contribution in [2.45, 2.75) is 82.5 Å². The van der Waals surface area contributed by atoms with E-state index in [1.807, 2.05) is 6.08 Å². The zero-order valence-electron chi connectivity index (χ0n) is 20.2. The van der Waals surface area contributed by atoms with E-state index in [1.54, 1.807) is 11.8 Å². The molecule has 5 fully saturated rings. The predicted molar refractivity (Wildman–Crippen MR) is 133 cm³/mol. The second kappa shape index (κ2) is 9.86.